The molecule has 0 aliphatic heterocycles. The highest BCUT2D eigenvalue weighted by atomic mass is 14.7. The average Bonchev–Trinajstić information content (AvgIpc) is 2.96. The summed E-state index contributed by atoms with van der Waals surface area (Å²) in [7, 11) is 0. The molecule has 3 nitrogen and oxygen atoms in total. The zero-order valence-electron chi connectivity index (χ0n) is 23.2. The molecule has 0 radical (unpaired) electrons. The lowest BCUT2D eigenvalue weighted by Crippen LogP contribution is -2.20. The number of pyridine rings is 3. The fourth-order valence-corrected chi connectivity index (χ4v) is 6.17. The normalized spacial score (nSPS) is 13.6. The molecule has 0 N–H and O–H groups in total. The van der Waals surface area contributed by atoms with Crippen LogP contribution in [-0.2, 0) is 11.8 Å². The van der Waals surface area contributed by atoms with E-state index in [0.717, 1.165) is 29.7 Å². The van der Waals surface area contributed by atoms with Gasteiger partial charge in [0.15, 0.2) is 0 Å². The van der Waals surface area contributed by atoms with Gasteiger partial charge in [-0.3, -0.25) is 15.0 Å². The van der Waals surface area contributed by atoms with Crippen LogP contribution in [0.25, 0.3) is 32.4 Å². The van der Waals surface area contributed by atoms with Gasteiger partial charge in [0.1, 0.15) is 0 Å². The summed E-state index contributed by atoms with van der Waals surface area (Å²) < 4.78 is 0. The van der Waals surface area contributed by atoms with E-state index in [0.29, 0.717) is 5.92 Å². The maximum Gasteiger partial charge on any atom is 0.0705 e. The molecule has 39 heavy (non-hydrogen) atoms. The van der Waals surface area contributed by atoms with Crippen molar-refractivity contribution in [1.29, 1.82) is 0 Å². The maximum atomic E-state index is 4.96. The number of para-hydroxylation sites is 1. The number of nitrogens with zero attached hydrogens (tertiary/aromatic N) is 3. The van der Waals surface area contributed by atoms with E-state index in [1.807, 2.05) is 18.6 Å². The van der Waals surface area contributed by atoms with E-state index >= 15 is 0 Å². The Hall–Kier alpha value is -4.11. The molecule has 0 saturated heterocycles. The Labute approximate surface area is 231 Å². The van der Waals surface area contributed by atoms with Crippen LogP contribution < -0.4 is 0 Å². The lowest BCUT2D eigenvalue weighted by Gasteiger charge is -2.30. The van der Waals surface area contributed by atoms with Gasteiger partial charge in [0, 0.05) is 52.1 Å². The Balaban J connectivity index is 1.28. The molecule has 3 aromatic heterocycles. The predicted molar refractivity (Wildman–Crippen MR) is 163 cm³/mol. The summed E-state index contributed by atoms with van der Waals surface area (Å²) in [4.78, 5) is 14.1. The van der Waals surface area contributed by atoms with Gasteiger partial charge in [-0.2, -0.15) is 0 Å². The van der Waals surface area contributed by atoms with Crippen molar-refractivity contribution in [3.8, 4) is 0 Å². The first-order valence-corrected chi connectivity index (χ1v) is 14.0. The van der Waals surface area contributed by atoms with Crippen molar-refractivity contribution in [3.63, 3.8) is 0 Å². The van der Waals surface area contributed by atoms with Gasteiger partial charge in [0.2, 0.25) is 0 Å². The first-order chi connectivity index (χ1) is 18.9. The Bertz CT molecular complexity index is 1790. The summed E-state index contributed by atoms with van der Waals surface area (Å²) in [6, 6.07) is 30.5. The van der Waals surface area contributed by atoms with Crippen LogP contribution in [0, 0.1) is 0 Å². The maximum absolute atomic E-state index is 4.96. The molecule has 0 aliphatic rings. The third-order valence-electron chi connectivity index (χ3n) is 8.29. The zero-order valence-corrected chi connectivity index (χ0v) is 23.2. The second kappa shape index (κ2) is 10.2. The fourth-order valence-electron chi connectivity index (χ4n) is 6.17. The van der Waals surface area contributed by atoms with Crippen molar-refractivity contribution in [3.05, 3.63) is 126 Å². The molecule has 3 heteroatoms. The highest BCUT2D eigenvalue weighted by Gasteiger charge is 2.27. The lowest BCUT2D eigenvalue weighted by molar-refractivity contribution is 0.442. The second-order valence-corrected chi connectivity index (χ2v) is 11.7. The van der Waals surface area contributed by atoms with Crippen molar-refractivity contribution in [1.82, 2.24) is 15.0 Å². The van der Waals surface area contributed by atoms with E-state index in [4.69, 9.17) is 9.97 Å². The van der Waals surface area contributed by atoms with E-state index in [2.05, 4.69) is 118 Å². The third kappa shape index (κ3) is 5.02. The summed E-state index contributed by atoms with van der Waals surface area (Å²) in [5.74, 6) is 0.687. The van der Waals surface area contributed by atoms with Crippen molar-refractivity contribution in [2.24, 2.45) is 0 Å². The molecule has 3 aromatic carbocycles. The van der Waals surface area contributed by atoms with E-state index in [9.17, 15) is 0 Å². The molecule has 0 spiro atoms. The quantitative estimate of drug-likeness (QED) is 0.215. The Kier molecular flexibility index (Phi) is 6.60. The summed E-state index contributed by atoms with van der Waals surface area (Å²) in [5, 5.41) is 6.18. The van der Waals surface area contributed by atoms with Crippen LogP contribution >= 0.6 is 0 Å². The summed E-state index contributed by atoms with van der Waals surface area (Å²) in [5.41, 5.74) is 6.05. The molecule has 2 unspecified atom stereocenters. The minimum absolute atomic E-state index is 0.00698. The Morgan fingerprint density at radius 3 is 2.46 bits per heavy atom. The zero-order chi connectivity index (χ0) is 27.0. The van der Waals surface area contributed by atoms with Gasteiger partial charge >= 0.3 is 0 Å². The smallest absolute Gasteiger partial charge is 0.0705 e. The molecule has 0 fully saturated rings. The molecule has 0 aliphatic carbocycles. The van der Waals surface area contributed by atoms with Gasteiger partial charge in [0.25, 0.3) is 0 Å². The van der Waals surface area contributed by atoms with E-state index in [1.54, 1.807) is 0 Å². The van der Waals surface area contributed by atoms with Crippen LogP contribution in [0.4, 0.5) is 0 Å². The predicted octanol–water partition coefficient (Wildman–Crippen LogP) is 9.15. The Morgan fingerprint density at radius 1 is 0.718 bits per heavy atom. The van der Waals surface area contributed by atoms with Crippen LogP contribution in [-0.4, -0.2) is 15.0 Å². The van der Waals surface area contributed by atoms with Crippen LogP contribution in [0.5, 0.6) is 0 Å². The number of fused-ring (bicyclic) bond motifs is 3. The molecular weight excluding hydrogens is 474 g/mol. The van der Waals surface area contributed by atoms with Crippen LogP contribution in [0.15, 0.2) is 104 Å². The van der Waals surface area contributed by atoms with E-state index in [-0.39, 0.29) is 11.3 Å². The summed E-state index contributed by atoms with van der Waals surface area (Å²) in [6.07, 6.45) is 7.71. The summed E-state index contributed by atoms with van der Waals surface area (Å²) in [6.45, 7) is 9.35. The van der Waals surface area contributed by atoms with Crippen molar-refractivity contribution < 1.29 is 0 Å². The standard InChI is InChI=1S/C36H35N3/c1-24(33-15-14-27-8-5-6-11-34(27)39-33)20-35-31-9-7-10-32(30(31)17-19-38-35)36(3,4)22-25(2)28-13-12-26-16-18-37-23-29(26)21-28/h5-19,21,23-25H,20,22H2,1-4H3. The first kappa shape index (κ1) is 25.2. The molecule has 3 heterocycles. The SMILES string of the molecule is CC(CC(C)(C)c1cccc2c(CC(C)c3ccc4ccccc4n3)nccc12)c1ccc2ccncc2c1. The summed E-state index contributed by atoms with van der Waals surface area (Å²) >= 11 is 0. The molecular formula is C36H35N3. The average molecular weight is 510 g/mol. The van der Waals surface area contributed by atoms with Gasteiger partial charge in [-0.25, -0.2) is 0 Å². The monoisotopic (exact) mass is 509 g/mol. The number of hydrogen-bond acceptors (Lipinski definition) is 3. The topological polar surface area (TPSA) is 38.7 Å². The van der Waals surface area contributed by atoms with Crippen molar-refractivity contribution in [2.75, 3.05) is 0 Å². The molecule has 2 atom stereocenters. The van der Waals surface area contributed by atoms with Gasteiger partial charge in [-0.15, -0.1) is 0 Å². The second-order valence-electron chi connectivity index (χ2n) is 11.7. The molecule has 0 saturated carbocycles. The van der Waals surface area contributed by atoms with Gasteiger partial charge in [-0.05, 0) is 76.4 Å². The van der Waals surface area contributed by atoms with Crippen LogP contribution in [0.2, 0.25) is 0 Å². The largest absolute Gasteiger partial charge is 0.264 e. The number of aromatic nitrogens is 3. The molecule has 194 valence electrons. The minimum Gasteiger partial charge on any atom is -0.264 e. The van der Waals surface area contributed by atoms with Gasteiger partial charge < -0.3 is 0 Å². The van der Waals surface area contributed by atoms with E-state index in [1.165, 1.54) is 38.1 Å². The highest BCUT2D eigenvalue weighted by molar-refractivity contribution is 5.88. The van der Waals surface area contributed by atoms with Crippen LogP contribution in [0.1, 0.15) is 68.5 Å². The van der Waals surface area contributed by atoms with Crippen LogP contribution in [0.3, 0.4) is 0 Å². The third-order valence-corrected chi connectivity index (χ3v) is 8.29. The molecule has 0 amide bonds. The molecule has 6 rings (SSSR count). The highest BCUT2D eigenvalue weighted by Crippen LogP contribution is 2.39. The fraction of sp³-hybridized carbons (Fsp3) is 0.250. The molecule has 6 aromatic rings. The van der Waals surface area contributed by atoms with Gasteiger partial charge in [-0.1, -0.05) is 82.3 Å². The minimum atomic E-state index is -0.00698. The lowest BCUT2D eigenvalue weighted by atomic mass is 9.74. The molecule has 0 bridgehead atoms. The first-order valence-electron chi connectivity index (χ1n) is 14.0. The van der Waals surface area contributed by atoms with Crippen molar-refractivity contribution in [2.45, 2.75) is 57.8 Å². The van der Waals surface area contributed by atoms with E-state index < -0.39 is 0 Å². The van der Waals surface area contributed by atoms with Gasteiger partial charge in [0.05, 0.1) is 5.52 Å². The number of hydrogen-bond donors (Lipinski definition) is 0. The number of benzene rings is 3. The van der Waals surface area contributed by atoms with Crippen molar-refractivity contribution >= 4 is 32.4 Å². The Morgan fingerprint density at radius 2 is 1.56 bits per heavy atom. The number of rotatable bonds is 7.